The monoisotopic (exact) mass is 331 g/mol. The van der Waals surface area contributed by atoms with Crippen molar-refractivity contribution in [2.75, 3.05) is 6.26 Å². The van der Waals surface area contributed by atoms with Crippen molar-refractivity contribution in [1.82, 2.24) is 14.5 Å². The molecular weight excluding hydrogens is 317 g/mol. The van der Waals surface area contributed by atoms with Gasteiger partial charge in [0.1, 0.15) is 11.6 Å². The molecule has 23 heavy (non-hydrogen) atoms. The van der Waals surface area contributed by atoms with Crippen LogP contribution in [0.5, 0.6) is 0 Å². The average Bonchev–Trinajstić information content (AvgIpc) is 3.06. The first-order chi connectivity index (χ1) is 10.9. The van der Waals surface area contributed by atoms with Crippen LogP contribution >= 0.6 is 0 Å². The first-order valence-electron chi connectivity index (χ1n) is 7.28. The largest absolute Gasteiger partial charge is 0.328 e. The quantitative estimate of drug-likeness (QED) is 0.724. The van der Waals surface area contributed by atoms with Crippen LogP contribution in [0.3, 0.4) is 0 Å². The van der Waals surface area contributed by atoms with E-state index in [0.717, 1.165) is 37.0 Å². The molecule has 0 atom stereocenters. The smallest absolute Gasteiger partial charge is 0.192 e. The number of halogens is 1. The molecular formula is C16H14FN3O2S. The van der Waals surface area contributed by atoms with Crippen LogP contribution in [-0.2, 0) is 22.8 Å². The van der Waals surface area contributed by atoms with E-state index in [9.17, 15) is 12.8 Å². The van der Waals surface area contributed by atoms with Crippen molar-refractivity contribution in [1.29, 1.82) is 0 Å². The van der Waals surface area contributed by atoms with Crippen molar-refractivity contribution in [3.8, 4) is 11.1 Å². The Morgan fingerprint density at radius 1 is 1.26 bits per heavy atom. The third-order valence-electron chi connectivity index (χ3n) is 4.12. The van der Waals surface area contributed by atoms with E-state index in [1.54, 1.807) is 12.1 Å². The number of pyridine rings is 1. The predicted octanol–water partition coefficient (Wildman–Crippen LogP) is 2.59. The van der Waals surface area contributed by atoms with Gasteiger partial charge >= 0.3 is 0 Å². The lowest BCUT2D eigenvalue weighted by Crippen LogP contribution is -2.00. The molecule has 7 heteroatoms. The average molecular weight is 331 g/mol. The van der Waals surface area contributed by atoms with Gasteiger partial charge in [0.05, 0.1) is 11.0 Å². The Bertz CT molecular complexity index is 1040. The lowest BCUT2D eigenvalue weighted by atomic mass is 10.1. The zero-order valence-electron chi connectivity index (χ0n) is 12.5. The van der Waals surface area contributed by atoms with Crippen LogP contribution < -0.4 is 0 Å². The van der Waals surface area contributed by atoms with Crippen molar-refractivity contribution < 1.29 is 12.8 Å². The molecule has 0 bridgehead atoms. The van der Waals surface area contributed by atoms with Crippen LogP contribution in [0.25, 0.3) is 22.2 Å². The third kappa shape index (κ3) is 2.31. The van der Waals surface area contributed by atoms with E-state index in [1.807, 2.05) is 0 Å². The van der Waals surface area contributed by atoms with Crippen LogP contribution in [-0.4, -0.2) is 29.2 Å². The molecule has 0 fully saturated rings. The van der Waals surface area contributed by atoms with Crippen molar-refractivity contribution in [3.05, 3.63) is 42.1 Å². The molecule has 0 saturated heterocycles. The summed E-state index contributed by atoms with van der Waals surface area (Å²) in [5, 5.41) is -0.0620. The van der Waals surface area contributed by atoms with E-state index >= 15 is 0 Å². The lowest BCUT2D eigenvalue weighted by Gasteiger charge is -2.07. The maximum atomic E-state index is 14.5. The molecule has 0 unspecified atom stereocenters. The van der Waals surface area contributed by atoms with Crippen LogP contribution in [0.15, 0.2) is 35.5 Å². The standard InChI is InChI=1S/C16H14FN3O2S/c1-23(21,22)16-7-10(4-5-18-16)11-8-14-13(9-12(11)17)19-15-3-2-6-20(14)15/h4-5,7-9H,2-3,6H2,1H3. The summed E-state index contributed by atoms with van der Waals surface area (Å²) in [6, 6.07) is 6.17. The van der Waals surface area contributed by atoms with E-state index in [-0.39, 0.29) is 5.03 Å². The number of benzene rings is 1. The number of hydrogen-bond acceptors (Lipinski definition) is 4. The zero-order chi connectivity index (χ0) is 16.2. The number of aryl methyl sites for hydroxylation is 2. The highest BCUT2D eigenvalue weighted by atomic mass is 32.2. The maximum Gasteiger partial charge on any atom is 0.192 e. The predicted molar refractivity (Wildman–Crippen MR) is 84.4 cm³/mol. The molecule has 118 valence electrons. The van der Waals surface area contributed by atoms with Gasteiger partial charge in [-0.2, -0.15) is 0 Å². The summed E-state index contributed by atoms with van der Waals surface area (Å²) >= 11 is 0. The molecule has 1 aliphatic heterocycles. The van der Waals surface area contributed by atoms with Crippen LogP contribution in [0, 0.1) is 5.82 Å². The molecule has 3 heterocycles. The highest BCUT2D eigenvalue weighted by Gasteiger charge is 2.19. The van der Waals surface area contributed by atoms with Gasteiger partial charge in [-0.05, 0) is 30.2 Å². The first kappa shape index (κ1) is 14.3. The van der Waals surface area contributed by atoms with Crippen molar-refractivity contribution >= 4 is 20.9 Å². The van der Waals surface area contributed by atoms with Gasteiger partial charge in [0.2, 0.25) is 0 Å². The van der Waals surface area contributed by atoms with Gasteiger partial charge in [0.25, 0.3) is 0 Å². The second kappa shape index (κ2) is 4.86. The number of aromatic nitrogens is 3. The molecule has 0 spiro atoms. The highest BCUT2D eigenvalue weighted by Crippen LogP contribution is 2.31. The van der Waals surface area contributed by atoms with Crippen LogP contribution in [0.4, 0.5) is 4.39 Å². The fraction of sp³-hybridized carbons (Fsp3) is 0.250. The normalized spacial score (nSPS) is 14.3. The lowest BCUT2D eigenvalue weighted by molar-refractivity contribution is 0.598. The summed E-state index contributed by atoms with van der Waals surface area (Å²) in [7, 11) is -3.44. The van der Waals surface area contributed by atoms with Gasteiger partial charge in [0, 0.05) is 37.0 Å². The SMILES string of the molecule is CS(=O)(=O)c1cc(-c2cc3c(cc2F)nc2n3CCC2)ccn1. The fourth-order valence-corrected chi connectivity index (χ4v) is 3.63. The summed E-state index contributed by atoms with van der Waals surface area (Å²) in [6.07, 6.45) is 4.41. The number of fused-ring (bicyclic) bond motifs is 3. The van der Waals surface area contributed by atoms with Gasteiger partial charge < -0.3 is 4.57 Å². The molecule has 2 aromatic heterocycles. The second-order valence-corrected chi connectivity index (χ2v) is 7.72. The Morgan fingerprint density at radius 3 is 2.87 bits per heavy atom. The molecule has 1 aliphatic rings. The number of nitrogens with zero attached hydrogens (tertiary/aromatic N) is 3. The Morgan fingerprint density at radius 2 is 2.09 bits per heavy atom. The molecule has 3 aromatic rings. The molecule has 1 aromatic carbocycles. The van der Waals surface area contributed by atoms with E-state index < -0.39 is 15.7 Å². The van der Waals surface area contributed by atoms with Gasteiger partial charge in [-0.1, -0.05) is 0 Å². The molecule has 0 N–H and O–H groups in total. The van der Waals surface area contributed by atoms with Crippen molar-refractivity contribution in [2.45, 2.75) is 24.4 Å². The summed E-state index contributed by atoms with van der Waals surface area (Å²) in [5.74, 6) is 0.558. The van der Waals surface area contributed by atoms with Crippen molar-refractivity contribution in [2.24, 2.45) is 0 Å². The van der Waals surface area contributed by atoms with E-state index in [2.05, 4.69) is 14.5 Å². The molecule has 0 amide bonds. The Kier molecular flexibility index (Phi) is 3.02. The maximum absolute atomic E-state index is 14.5. The Hall–Kier alpha value is -2.28. The topological polar surface area (TPSA) is 64.8 Å². The number of sulfone groups is 1. The Balaban J connectivity index is 1.94. The summed E-state index contributed by atoms with van der Waals surface area (Å²) in [4.78, 5) is 8.31. The van der Waals surface area contributed by atoms with Gasteiger partial charge in [0.15, 0.2) is 14.9 Å². The van der Waals surface area contributed by atoms with Crippen molar-refractivity contribution in [3.63, 3.8) is 0 Å². The number of rotatable bonds is 2. The van der Waals surface area contributed by atoms with E-state index in [4.69, 9.17) is 0 Å². The zero-order valence-corrected chi connectivity index (χ0v) is 13.3. The summed E-state index contributed by atoms with van der Waals surface area (Å²) in [6.45, 7) is 0.877. The number of imidazole rings is 1. The third-order valence-corrected chi connectivity index (χ3v) is 5.11. The van der Waals surface area contributed by atoms with Gasteiger partial charge in [-0.15, -0.1) is 0 Å². The molecule has 4 rings (SSSR count). The van der Waals surface area contributed by atoms with E-state index in [1.165, 1.54) is 18.3 Å². The van der Waals surface area contributed by atoms with Gasteiger partial charge in [-0.25, -0.2) is 22.8 Å². The second-order valence-electron chi connectivity index (χ2n) is 5.76. The summed E-state index contributed by atoms with van der Waals surface area (Å²) < 4.78 is 39.9. The minimum Gasteiger partial charge on any atom is -0.328 e. The molecule has 5 nitrogen and oxygen atoms in total. The summed E-state index contributed by atoms with van der Waals surface area (Å²) in [5.41, 5.74) is 2.37. The Labute approximate surface area is 132 Å². The number of hydrogen-bond donors (Lipinski definition) is 0. The molecule has 0 aliphatic carbocycles. The van der Waals surface area contributed by atoms with Crippen LogP contribution in [0.2, 0.25) is 0 Å². The molecule has 0 saturated carbocycles. The fourth-order valence-electron chi connectivity index (χ4n) is 3.03. The van der Waals surface area contributed by atoms with Gasteiger partial charge in [-0.3, -0.25) is 0 Å². The minimum absolute atomic E-state index is 0.0620. The van der Waals surface area contributed by atoms with E-state index in [0.29, 0.717) is 16.6 Å². The van der Waals surface area contributed by atoms with Crippen LogP contribution in [0.1, 0.15) is 12.2 Å². The minimum atomic E-state index is -3.44. The highest BCUT2D eigenvalue weighted by molar-refractivity contribution is 7.90. The molecule has 0 radical (unpaired) electrons. The first-order valence-corrected chi connectivity index (χ1v) is 9.18.